The molecule has 0 spiro atoms. The van der Waals surface area contributed by atoms with Crippen LogP contribution in [-0.2, 0) is 0 Å². The lowest BCUT2D eigenvalue weighted by Crippen LogP contribution is -2.17. The second kappa shape index (κ2) is 6.83. The van der Waals surface area contributed by atoms with Crippen LogP contribution >= 0.6 is 33.2 Å². The van der Waals surface area contributed by atoms with Gasteiger partial charge in [-0.15, -0.1) is 33.2 Å². The molecule has 0 bridgehead atoms. The fourth-order valence-electron chi connectivity index (χ4n) is 3.04. The number of rotatable bonds is 2. The van der Waals surface area contributed by atoms with Crippen LogP contribution in [0.25, 0.3) is 0 Å². The third-order valence-corrected chi connectivity index (χ3v) is 7.28. The SMILES string of the molecule is Cl[Si](Cl)(Cl)C1=C(C2=CCCCCC2)CCCCC1. The lowest BCUT2D eigenvalue weighted by atomic mass is 9.97. The normalized spacial score (nSPS) is 23.4. The molecule has 0 unspecified atom stereocenters. The Morgan fingerprint density at radius 2 is 1.44 bits per heavy atom. The van der Waals surface area contributed by atoms with Gasteiger partial charge in [-0.05, 0) is 67.7 Å². The van der Waals surface area contributed by atoms with Crippen molar-refractivity contribution >= 4 is 39.2 Å². The highest BCUT2D eigenvalue weighted by Crippen LogP contribution is 2.41. The predicted octanol–water partition coefficient (Wildman–Crippen LogP) is 6.33. The summed E-state index contributed by atoms with van der Waals surface area (Å²) in [6, 6.07) is -2.70. The lowest BCUT2D eigenvalue weighted by molar-refractivity contribution is 0.699. The highest BCUT2D eigenvalue weighted by Gasteiger charge is 2.34. The first-order valence-electron chi connectivity index (χ1n) is 7.07. The van der Waals surface area contributed by atoms with Gasteiger partial charge in [0.15, 0.2) is 0 Å². The quantitative estimate of drug-likeness (QED) is 0.411. The van der Waals surface area contributed by atoms with Gasteiger partial charge >= 0.3 is 6.00 Å². The zero-order valence-electron chi connectivity index (χ0n) is 10.8. The molecular formula is C14H21Cl3Si. The molecule has 4 heteroatoms. The van der Waals surface area contributed by atoms with E-state index in [0.717, 1.165) is 12.8 Å². The van der Waals surface area contributed by atoms with Gasteiger partial charge in [0.05, 0.1) is 0 Å². The molecule has 0 aromatic heterocycles. The molecule has 0 atom stereocenters. The predicted molar refractivity (Wildman–Crippen MR) is 84.6 cm³/mol. The van der Waals surface area contributed by atoms with Gasteiger partial charge in [0.2, 0.25) is 0 Å². The van der Waals surface area contributed by atoms with Gasteiger partial charge < -0.3 is 0 Å². The summed E-state index contributed by atoms with van der Waals surface area (Å²) < 4.78 is 0. The smallest absolute Gasteiger partial charge is 0.121 e. The standard InChI is InChI=1S/C14H21Cl3Si/c15-18(16,17)14-11-7-3-6-10-13(14)12-8-4-1-2-5-9-12/h8H,1-7,9-11H2. The number of halogens is 3. The third kappa shape index (κ3) is 4.03. The van der Waals surface area contributed by atoms with Crippen LogP contribution in [0.1, 0.15) is 64.2 Å². The Morgan fingerprint density at radius 3 is 2.22 bits per heavy atom. The van der Waals surface area contributed by atoms with Crippen LogP contribution in [0.5, 0.6) is 0 Å². The van der Waals surface area contributed by atoms with Crippen LogP contribution in [0.3, 0.4) is 0 Å². The lowest BCUT2D eigenvalue weighted by Gasteiger charge is -2.19. The monoisotopic (exact) mass is 322 g/mol. The second-order valence-corrected chi connectivity index (χ2v) is 13.8. The summed E-state index contributed by atoms with van der Waals surface area (Å²) in [5.41, 5.74) is 2.93. The van der Waals surface area contributed by atoms with Crippen molar-refractivity contribution in [2.24, 2.45) is 0 Å². The van der Waals surface area contributed by atoms with Gasteiger partial charge in [0, 0.05) is 0 Å². The van der Waals surface area contributed by atoms with E-state index in [-0.39, 0.29) is 0 Å². The summed E-state index contributed by atoms with van der Waals surface area (Å²) in [5.74, 6) is 0. The highest BCUT2D eigenvalue weighted by molar-refractivity contribution is 7.67. The van der Waals surface area contributed by atoms with E-state index in [1.165, 1.54) is 67.7 Å². The van der Waals surface area contributed by atoms with E-state index in [4.69, 9.17) is 33.2 Å². The van der Waals surface area contributed by atoms with Gasteiger partial charge in [-0.3, -0.25) is 0 Å². The summed E-state index contributed by atoms with van der Waals surface area (Å²) in [5, 5.41) is 1.21. The average molecular weight is 324 g/mol. The van der Waals surface area contributed by atoms with Crippen molar-refractivity contribution in [2.45, 2.75) is 64.2 Å². The second-order valence-electron chi connectivity index (χ2n) is 5.34. The van der Waals surface area contributed by atoms with Crippen molar-refractivity contribution < 1.29 is 0 Å². The van der Waals surface area contributed by atoms with Gasteiger partial charge in [0.1, 0.15) is 0 Å². The van der Waals surface area contributed by atoms with E-state index >= 15 is 0 Å². The fourth-order valence-corrected chi connectivity index (χ4v) is 6.00. The molecule has 2 rings (SSSR count). The molecule has 0 aliphatic heterocycles. The molecule has 102 valence electrons. The Bertz CT molecular complexity index is 353. The molecule has 0 fully saturated rings. The zero-order chi connectivity index (χ0) is 13.0. The maximum absolute atomic E-state index is 6.32. The van der Waals surface area contributed by atoms with Gasteiger partial charge in [-0.25, -0.2) is 0 Å². The van der Waals surface area contributed by atoms with Crippen LogP contribution in [-0.4, -0.2) is 6.00 Å². The maximum atomic E-state index is 6.32. The fraction of sp³-hybridized carbons (Fsp3) is 0.714. The molecule has 0 nitrogen and oxygen atoms in total. The topological polar surface area (TPSA) is 0 Å². The summed E-state index contributed by atoms with van der Waals surface area (Å²) in [6.07, 6.45) is 14.6. The van der Waals surface area contributed by atoms with E-state index in [1.54, 1.807) is 0 Å². The molecular weight excluding hydrogens is 303 g/mol. The average Bonchev–Trinajstić information content (AvgIpc) is 2.70. The number of hydrogen-bond donors (Lipinski definition) is 0. The first kappa shape index (κ1) is 15.0. The van der Waals surface area contributed by atoms with E-state index < -0.39 is 6.00 Å². The van der Waals surface area contributed by atoms with Crippen molar-refractivity contribution in [3.63, 3.8) is 0 Å². The Morgan fingerprint density at radius 1 is 0.778 bits per heavy atom. The molecule has 18 heavy (non-hydrogen) atoms. The van der Waals surface area contributed by atoms with Gasteiger partial charge in [-0.2, -0.15) is 0 Å². The molecule has 0 N–H and O–H groups in total. The Labute approximate surface area is 125 Å². The van der Waals surface area contributed by atoms with Crippen molar-refractivity contribution in [2.75, 3.05) is 0 Å². The molecule has 0 aromatic rings. The van der Waals surface area contributed by atoms with Crippen LogP contribution in [0.4, 0.5) is 0 Å². The summed E-state index contributed by atoms with van der Waals surface area (Å²) in [6.45, 7) is 0. The molecule has 0 amide bonds. The Kier molecular flexibility index (Phi) is 5.68. The van der Waals surface area contributed by atoms with Crippen molar-refractivity contribution in [1.82, 2.24) is 0 Å². The molecule has 0 radical (unpaired) electrons. The van der Waals surface area contributed by atoms with Gasteiger partial charge in [-0.1, -0.05) is 18.9 Å². The minimum absolute atomic E-state index is 1.01. The zero-order valence-corrected chi connectivity index (χ0v) is 14.1. The third-order valence-electron chi connectivity index (χ3n) is 3.99. The van der Waals surface area contributed by atoms with Crippen LogP contribution < -0.4 is 0 Å². The van der Waals surface area contributed by atoms with E-state index in [0.29, 0.717) is 0 Å². The highest BCUT2D eigenvalue weighted by atomic mass is 35.8. The Hall–Kier alpha value is 0.567. The van der Waals surface area contributed by atoms with E-state index in [9.17, 15) is 0 Å². The van der Waals surface area contributed by atoms with E-state index in [2.05, 4.69) is 6.08 Å². The molecule has 2 aliphatic rings. The molecule has 0 saturated carbocycles. The first-order chi connectivity index (χ1) is 8.59. The van der Waals surface area contributed by atoms with Crippen molar-refractivity contribution in [3.8, 4) is 0 Å². The van der Waals surface area contributed by atoms with Crippen LogP contribution in [0.2, 0.25) is 0 Å². The van der Waals surface area contributed by atoms with Gasteiger partial charge in [0.25, 0.3) is 0 Å². The Balaban J connectivity index is 2.33. The maximum Gasteiger partial charge on any atom is 0.369 e. The molecule has 2 aliphatic carbocycles. The molecule has 0 heterocycles. The minimum Gasteiger partial charge on any atom is -0.121 e. The molecule has 0 saturated heterocycles. The summed E-state index contributed by atoms with van der Waals surface area (Å²) >= 11 is 19.0. The number of hydrogen-bond acceptors (Lipinski definition) is 0. The minimum atomic E-state index is -2.70. The summed E-state index contributed by atoms with van der Waals surface area (Å²) in [7, 11) is 0. The van der Waals surface area contributed by atoms with Crippen molar-refractivity contribution in [1.29, 1.82) is 0 Å². The van der Waals surface area contributed by atoms with E-state index in [1.807, 2.05) is 0 Å². The first-order valence-corrected chi connectivity index (χ1v) is 12.1. The summed E-state index contributed by atoms with van der Waals surface area (Å²) in [4.78, 5) is 0. The van der Waals surface area contributed by atoms with Crippen molar-refractivity contribution in [3.05, 3.63) is 22.4 Å². The largest absolute Gasteiger partial charge is 0.369 e. The molecule has 0 aromatic carbocycles. The van der Waals surface area contributed by atoms with Crippen LogP contribution in [0.15, 0.2) is 22.4 Å². The number of allylic oxidation sites excluding steroid dienone is 4. The van der Waals surface area contributed by atoms with Crippen LogP contribution in [0, 0.1) is 0 Å².